The van der Waals surface area contributed by atoms with Crippen molar-refractivity contribution in [1.29, 1.82) is 0 Å². The summed E-state index contributed by atoms with van der Waals surface area (Å²) in [6, 6.07) is -0.723. The fourth-order valence-electron chi connectivity index (χ4n) is 1.01. The number of carbonyl (C=O) groups excluding carboxylic acids is 1. The Balaban J connectivity index is 0. The standard InChI is InChI=1S/C9H22N4O.CH4/c1-9(2,3)7(5-11)13-8(14)6(12)4-10;/h6-7H,4-5,10-12H2,1-3H3,(H,13,14);1H4. The molecule has 2 unspecified atom stereocenters. The Hall–Kier alpha value is -0.650. The highest BCUT2D eigenvalue weighted by molar-refractivity contribution is 5.82. The summed E-state index contributed by atoms with van der Waals surface area (Å²) in [6.07, 6.45) is 0. The van der Waals surface area contributed by atoms with Gasteiger partial charge in [0.15, 0.2) is 0 Å². The number of nitrogens with two attached hydrogens (primary N) is 3. The fourth-order valence-corrected chi connectivity index (χ4v) is 1.01. The summed E-state index contributed by atoms with van der Waals surface area (Å²) in [6.45, 7) is 6.58. The third kappa shape index (κ3) is 5.71. The molecule has 0 aromatic rings. The van der Waals surface area contributed by atoms with Crippen LogP contribution in [-0.2, 0) is 4.79 Å². The van der Waals surface area contributed by atoms with Gasteiger partial charge in [-0.1, -0.05) is 28.2 Å². The minimum absolute atomic E-state index is 0. The second kappa shape index (κ2) is 6.76. The van der Waals surface area contributed by atoms with Crippen LogP contribution in [0.2, 0.25) is 0 Å². The second-order valence-electron chi connectivity index (χ2n) is 4.51. The van der Waals surface area contributed by atoms with Gasteiger partial charge in [0.1, 0.15) is 0 Å². The summed E-state index contributed by atoms with van der Waals surface area (Å²) in [4.78, 5) is 11.4. The molecule has 0 rings (SSSR count). The largest absolute Gasteiger partial charge is 0.350 e. The molecule has 0 saturated carbocycles. The van der Waals surface area contributed by atoms with Gasteiger partial charge < -0.3 is 22.5 Å². The lowest BCUT2D eigenvalue weighted by atomic mass is 9.86. The zero-order valence-corrected chi connectivity index (χ0v) is 9.21. The van der Waals surface area contributed by atoms with E-state index in [1.54, 1.807) is 0 Å². The van der Waals surface area contributed by atoms with Crippen LogP contribution < -0.4 is 22.5 Å². The quantitative estimate of drug-likeness (QED) is 0.505. The third-order valence-corrected chi connectivity index (χ3v) is 2.19. The van der Waals surface area contributed by atoms with Crippen molar-refractivity contribution in [2.45, 2.75) is 40.3 Å². The molecule has 0 saturated heterocycles. The van der Waals surface area contributed by atoms with Crippen molar-refractivity contribution in [3.05, 3.63) is 0 Å². The predicted molar refractivity (Wildman–Crippen MR) is 64.2 cm³/mol. The second-order valence-corrected chi connectivity index (χ2v) is 4.51. The molecule has 0 heterocycles. The van der Waals surface area contributed by atoms with Crippen molar-refractivity contribution in [3.8, 4) is 0 Å². The lowest BCUT2D eigenvalue weighted by molar-refractivity contribution is -0.123. The Morgan fingerprint density at radius 2 is 1.73 bits per heavy atom. The summed E-state index contributed by atoms with van der Waals surface area (Å²) in [5, 5.41) is 2.79. The van der Waals surface area contributed by atoms with E-state index in [1.165, 1.54) is 0 Å². The van der Waals surface area contributed by atoms with Gasteiger partial charge in [0, 0.05) is 19.1 Å². The first-order valence-electron chi connectivity index (χ1n) is 4.79. The van der Waals surface area contributed by atoms with Crippen LogP contribution in [0.25, 0.3) is 0 Å². The third-order valence-electron chi connectivity index (χ3n) is 2.19. The smallest absolute Gasteiger partial charge is 0.238 e. The maximum Gasteiger partial charge on any atom is 0.238 e. The molecule has 0 spiro atoms. The molecule has 2 atom stereocenters. The summed E-state index contributed by atoms with van der Waals surface area (Å²) in [7, 11) is 0. The van der Waals surface area contributed by atoms with Crippen LogP contribution in [0.1, 0.15) is 28.2 Å². The van der Waals surface area contributed by atoms with Crippen molar-refractivity contribution in [2.24, 2.45) is 22.6 Å². The van der Waals surface area contributed by atoms with Crippen molar-refractivity contribution < 1.29 is 4.79 Å². The van der Waals surface area contributed by atoms with E-state index < -0.39 is 6.04 Å². The summed E-state index contributed by atoms with van der Waals surface area (Å²) < 4.78 is 0. The number of hydrogen-bond donors (Lipinski definition) is 4. The van der Waals surface area contributed by atoms with Crippen LogP contribution in [-0.4, -0.2) is 31.1 Å². The van der Waals surface area contributed by atoms with Gasteiger partial charge in [-0.15, -0.1) is 0 Å². The lowest BCUT2D eigenvalue weighted by Gasteiger charge is -2.31. The van der Waals surface area contributed by atoms with Gasteiger partial charge in [0.05, 0.1) is 6.04 Å². The molecule has 0 aliphatic carbocycles. The first-order valence-corrected chi connectivity index (χ1v) is 4.79. The van der Waals surface area contributed by atoms with Gasteiger partial charge >= 0.3 is 0 Å². The van der Waals surface area contributed by atoms with Gasteiger partial charge in [-0.05, 0) is 5.41 Å². The number of amides is 1. The Morgan fingerprint density at radius 1 is 1.27 bits per heavy atom. The summed E-state index contributed by atoms with van der Waals surface area (Å²) >= 11 is 0. The van der Waals surface area contributed by atoms with Gasteiger partial charge in [0.2, 0.25) is 5.91 Å². The van der Waals surface area contributed by atoms with Gasteiger partial charge in [-0.25, -0.2) is 0 Å². The van der Waals surface area contributed by atoms with E-state index in [9.17, 15) is 4.79 Å². The average Bonchev–Trinajstić information content (AvgIpc) is 2.10. The molecule has 92 valence electrons. The first kappa shape index (κ1) is 16.8. The van der Waals surface area contributed by atoms with E-state index in [4.69, 9.17) is 17.2 Å². The molecule has 0 aliphatic rings. The first-order chi connectivity index (χ1) is 6.32. The fraction of sp³-hybridized carbons (Fsp3) is 0.900. The minimum atomic E-state index is -0.647. The lowest BCUT2D eigenvalue weighted by Crippen LogP contribution is -2.54. The number of nitrogens with one attached hydrogen (secondary N) is 1. The summed E-state index contributed by atoms with van der Waals surface area (Å²) in [5.74, 6) is -0.238. The van der Waals surface area contributed by atoms with E-state index in [0.717, 1.165) is 0 Å². The van der Waals surface area contributed by atoms with Crippen molar-refractivity contribution in [3.63, 3.8) is 0 Å². The highest BCUT2D eigenvalue weighted by atomic mass is 16.2. The van der Waals surface area contributed by atoms with E-state index in [-0.39, 0.29) is 31.3 Å². The molecule has 5 heteroatoms. The maximum absolute atomic E-state index is 11.4. The van der Waals surface area contributed by atoms with Crippen molar-refractivity contribution >= 4 is 5.91 Å². The highest BCUT2D eigenvalue weighted by Crippen LogP contribution is 2.18. The van der Waals surface area contributed by atoms with Crippen molar-refractivity contribution in [2.75, 3.05) is 13.1 Å². The van der Waals surface area contributed by atoms with Crippen LogP contribution in [0.5, 0.6) is 0 Å². The molecule has 5 nitrogen and oxygen atoms in total. The number of rotatable bonds is 4. The molecular formula is C10H26N4O. The zero-order valence-electron chi connectivity index (χ0n) is 9.21. The van der Waals surface area contributed by atoms with Gasteiger partial charge in [-0.2, -0.15) is 0 Å². The van der Waals surface area contributed by atoms with E-state index in [2.05, 4.69) is 5.32 Å². The molecule has 7 N–H and O–H groups in total. The molecule has 1 amide bonds. The van der Waals surface area contributed by atoms with E-state index in [1.807, 2.05) is 20.8 Å². The molecule has 15 heavy (non-hydrogen) atoms. The van der Waals surface area contributed by atoms with Gasteiger partial charge in [-0.3, -0.25) is 4.79 Å². The van der Waals surface area contributed by atoms with E-state index >= 15 is 0 Å². The highest BCUT2D eigenvalue weighted by Gasteiger charge is 2.26. The molecule has 0 bridgehead atoms. The van der Waals surface area contributed by atoms with Crippen LogP contribution in [0.4, 0.5) is 0 Å². The van der Waals surface area contributed by atoms with Crippen molar-refractivity contribution in [1.82, 2.24) is 5.32 Å². The zero-order chi connectivity index (χ0) is 11.4. The Morgan fingerprint density at radius 3 is 2.00 bits per heavy atom. The van der Waals surface area contributed by atoms with E-state index in [0.29, 0.717) is 6.54 Å². The molecule has 0 aliphatic heterocycles. The summed E-state index contributed by atoms with van der Waals surface area (Å²) in [5.41, 5.74) is 16.3. The van der Waals surface area contributed by atoms with Crippen LogP contribution in [0, 0.1) is 5.41 Å². The molecule has 0 aromatic carbocycles. The van der Waals surface area contributed by atoms with Crippen LogP contribution >= 0.6 is 0 Å². The van der Waals surface area contributed by atoms with Crippen LogP contribution in [0.3, 0.4) is 0 Å². The normalized spacial score (nSPS) is 15.1. The molecule has 0 fully saturated rings. The SMILES string of the molecule is C.CC(C)(C)C(CN)NC(=O)C(N)CN. The monoisotopic (exact) mass is 218 g/mol. The molecular weight excluding hydrogens is 192 g/mol. The van der Waals surface area contributed by atoms with Gasteiger partial charge in [0.25, 0.3) is 0 Å². The molecule has 0 radical (unpaired) electrons. The number of carbonyl (C=O) groups is 1. The minimum Gasteiger partial charge on any atom is -0.350 e. The predicted octanol–water partition coefficient (Wildman–Crippen LogP) is -0.602. The maximum atomic E-state index is 11.4. The Kier molecular flexibility index (Phi) is 7.56. The topological polar surface area (TPSA) is 107 Å². The molecule has 0 aromatic heterocycles. The Bertz CT molecular complexity index is 188. The Labute approximate surface area is 92.8 Å². The average molecular weight is 218 g/mol. The van der Waals surface area contributed by atoms with Crippen LogP contribution in [0.15, 0.2) is 0 Å². The number of hydrogen-bond acceptors (Lipinski definition) is 4.